The van der Waals surface area contributed by atoms with E-state index in [-0.39, 0.29) is 0 Å². The molecule has 0 saturated carbocycles. The highest BCUT2D eigenvalue weighted by Gasteiger charge is 2.30. The van der Waals surface area contributed by atoms with Crippen molar-refractivity contribution in [3.05, 3.63) is 36.2 Å². The molecule has 1 aliphatic carbocycles. The van der Waals surface area contributed by atoms with Crippen molar-refractivity contribution in [2.75, 3.05) is 6.54 Å². The zero-order chi connectivity index (χ0) is 9.38. The summed E-state index contributed by atoms with van der Waals surface area (Å²) in [5.74, 6) is 0.875. The number of hydrogen-bond acceptors (Lipinski definition) is 2. The van der Waals surface area contributed by atoms with E-state index >= 15 is 0 Å². The van der Waals surface area contributed by atoms with Gasteiger partial charge < -0.3 is 5.32 Å². The molecule has 1 aliphatic heterocycles. The van der Waals surface area contributed by atoms with E-state index in [0.29, 0.717) is 6.04 Å². The van der Waals surface area contributed by atoms with Gasteiger partial charge in [0.1, 0.15) is 0 Å². The van der Waals surface area contributed by atoms with Gasteiger partial charge in [-0.2, -0.15) is 0 Å². The number of nitrogens with zero attached hydrogens (tertiary/aromatic N) is 1. The van der Waals surface area contributed by atoms with E-state index < -0.39 is 0 Å². The fourth-order valence-corrected chi connectivity index (χ4v) is 2.51. The number of hydrogen-bond donors (Lipinski definition) is 1. The van der Waals surface area contributed by atoms with Crippen molar-refractivity contribution in [2.45, 2.75) is 18.9 Å². The van der Waals surface area contributed by atoms with Crippen molar-refractivity contribution < 1.29 is 0 Å². The van der Waals surface area contributed by atoms with Crippen molar-refractivity contribution in [2.24, 2.45) is 5.92 Å². The maximum atomic E-state index is 4.17. The molecule has 0 spiro atoms. The van der Waals surface area contributed by atoms with Gasteiger partial charge in [-0.15, -0.1) is 0 Å². The van der Waals surface area contributed by atoms with Crippen molar-refractivity contribution in [3.8, 4) is 0 Å². The van der Waals surface area contributed by atoms with Gasteiger partial charge in [0, 0.05) is 18.4 Å². The Hall–Kier alpha value is -1.15. The fraction of sp³-hybridized carbons (Fsp3) is 0.417. The maximum absolute atomic E-state index is 4.17. The molecule has 2 aliphatic rings. The van der Waals surface area contributed by atoms with Gasteiger partial charge in [0.25, 0.3) is 0 Å². The van der Waals surface area contributed by atoms with Gasteiger partial charge in [0.05, 0.1) is 0 Å². The molecule has 0 radical (unpaired) electrons. The molecule has 0 amide bonds. The van der Waals surface area contributed by atoms with Crippen molar-refractivity contribution in [3.63, 3.8) is 0 Å². The Morgan fingerprint density at radius 1 is 1.43 bits per heavy atom. The van der Waals surface area contributed by atoms with Crippen LogP contribution in [0.5, 0.6) is 0 Å². The van der Waals surface area contributed by atoms with Crippen LogP contribution in [0.3, 0.4) is 0 Å². The van der Waals surface area contributed by atoms with Crippen LogP contribution in [0, 0.1) is 5.92 Å². The minimum absolute atomic E-state index is 0.581. The van der Waals surface area contributed by atoms with E-state index in [1.54, 1.807) is 0 Å². The summed E-state index contributed by atoms with van der Waals surface area (Å²) in [7, 11) is 0. The molecule has 1 fully saturated rings. The van der Waals surface area contributed by atoms with E-state index in [4.69, 9.17) is 0 Å². The van der Waals surface area contributed by atoms with Crippen molar-refractivity contribution >= 4 is 5.57 Å². The van der Waals surface area contributed by atoms with Crippen LogP contribution in [0.25, 0.3) is 5.57 Å². The smallest absolute Gasteiger partial charge is 0.0343 e. The predicted octanol–water partition coefficient (Wildman–Crippen LogP) is 1.85. The minimum Gasteiger partial charge on any atom is -0.310 e. The van der Waals surface area contributed by atoms with Gasteiger partial charge in [-0.1, -0.05) is 12.1 Å². The minimum atomic E-state index is 0.581. The van der Waals surface area contributed by atoms with Crippen LogP contribution in [-0.4, -0.2) is 17.6 Å². The molecule has 0 aromatic carbocycles. The third kappa shape index (κ3) is 1.26. The molecule has 3 rings (SSSR count). The SMILES string of the molecule is C1=C(c2cccnc2)C2CC(C1)CN2. The molecule has 2 heteroatoms. The van der Waals surface area contributed by atoms with Crippen LogP contribution in [0.2, 0.25) is 0 Å². The summed E-state index contributed by atoms with van der Waals surface area (Å²) in [6.07, 6.45) is 8.72. The Morgan fingerprint density at radius 2 is 2.43 bits per heavy atom. The predicted molar refractivity (Wildman–Crippen MR) is 56.7 cm³/mol. The maximum Gasteiger partial charge on any atom is 0.0343 e. The molecule has 1 N–H and O–H groups in total. The van der Waals surface area contributed by atoms with Crippen LogP contribution in [0.4, 0.5) is 0 Å². The third-order valence-corrected chi connectivity index (χ3v) is 3.26. The second-order valence-electron chi connectivity index (χ2n) is 4.20. The molecular weight excluding hydrogens is 172 g/mol. The first-order chi connectivity index (χ1) is 6.93. The van der Waals surface area contributed by atoms with Gasteiger partial charge in [0.15, 0.2) is 0 Å². The second kappa shape index (κ2) is 3.21. The lowest BCUT2D eigenvalue weighted by Crippen LogP contribution is -2.22. The Kier molecular flexibility index (Phi) is 1.88. The molecule has 14 heavy (non-hydrogen) atoms. The summed E-state index contributed by atoms with van der Waals surface area (Å²) in [4.78, 5) is 4.17. The zero-order valence-corrected chi connectivity index (χ0v) is 8.11. The average Bonchev–Trinajstić information content (AvgIpc) is 2.62. The lowest BCUT2D eigenvalue weighted by Gasteiger charge is -2.19. The van der Waals surface area contributed by atoms with Crippen LogP contribution in [0.1, 0.15) is 18.4 Å². The first-order valence-corrected chi connectivity index (χ1v) is 5.27. The molecular formula is C12H14N2. The van der Waals surface area contributed by atoms with Crippen LogP contribution in [0.15, 0.2) is 30.6 Å². The van der Waals surface area contributed by atoms with E-state index in [0.717, 1.165) is 5.92 Å². The monoisotopic (exact) mass is 186 g/mol. The number of fused-ring (bicyclic) bond motifs is 2. The summed E-state index contributed by atoms with van der Waals surface area (Å²) in [5, 5.41) is 3.57. The Balaban J connectivity index is 1.96. The molecule has 72 valence electrons. The van der Waals surface area contributed by atoms with Crippen LogP contribution < -0.4 is 5.32 Å². The van der Waals surface area contributed by atoms with Gasteiger partial charge in [-0.05, 0) is 42.5 Å². The van der Waals surface area contributed by atoms with Gasteiger partial charge in [0.2, 0.25) is 0 Å². The summed E-state index contributed by atoms with van der Waals surface area (Å²) in [6.45, 7) is 1.19. The standard InChI is InChI=1S/C12H14N2/c1-2-10(8-13-5-1)11-4-3-9-6-12(11)14-7-9/h1-2,4-5,8-9,12,14H,3,6-7H2. The number of aromatic nitrogens is 1. The highest BCUT2D eigenvalue weighted by Crippen LogP contribution is 2.33. The fourth-order valence-electron chi connectivity index (χ4n) is 2.51. The highest BCUT2D eigenvalue weighted by molar-refractivity contribution is 5.70. The van der Waals surface area contributed by atoms with Gasteiger partial charge >= 0.3 is 0 Å². The van der Waals surface area contributed by atoms with Crippen LogP contribution >= 0.6 is 0 Å². The topological polar surface area (TPSA) is 24.9 Å². The first kappa shape index (κ1) is 8.18. The lowest BCUT2D eigenvalue weighted by atomic mass is 9.87. The zero-order valence-electron chi connectivity index (χ0n) is 8.11. The van der Waals surface area contributed by atoms with Gasteiger partial charge in [-0.3, -0.25) is 4.98 Å². The van der Waals surface area contributed by atoms with Gasteiger partial charge in [-0.25, -0.2) is 0 Å². The molecule has 2 nitrogen and oxygen atoms in total. The molecule has 2 heterocycles. The Bertz CT molecular complexity index is 356. The lowest BCUT2D eigenvalue weighted by molar-refractivity contribution is 0.574. The molecule has 1 aromatic rings. The van der Waals surface area contributed by atoms with Crippen molar-refractivity contribution in [1.29, 1.82) is 0 Å². The number of pyridine rings is 1. The summed E-state index contributed by atoms with van der Waals surface area (Å²) in [6, 6.07) is 4.74. The second-order valence-corrected chi connectivity index (χ2v) is 4.20. The normalized spacial score (nSPS) is 30.1. The number of rotatable bonds is 1. The molecule has 2 bridgehead atoms. The third-order valence-electron chi connectivity index (χ3n) is 3.26. The summed E-state index contributed by atoms with van der Waals surface area (Å²) in [5.41, 5.74) is 2.73. The van der Waals surface area contributed by atoms with Crippen molar-refractivity contribution in [1.82, 2.24) is 10.3 Å². The Morgan fingerprint density at radius 3 is 3.29 bits per heavy atom. The average molecular weight is 186 g/mol. The Labute approximate surface area is 84.1 Å². The molecule has 2 atom stereocenters. The molecule has 1 aromatic heterocycles. The largest absolute Gasteiger partial charge is 0.310 e. The highest BCUT2D eigenvalue weighted by atomic mass is 15.0. The quantitative estimate of drug-likeness (QED) is 0.724. The number of nitrogens with one attached hydrogen (secondary N) is 1. The van der Waals surface area contributed by atoms with E-state index in [2.05, 4.69) is 22.4 Å². The molecule has 1 saturated heterocycles. The van der Waals surface area contributed by atoms with E-state index in [9.17, 15) is 0 Å². The van der Waals surface area contributed by atoms with Crippen LogP contribution in [-0.2, 0) is 0 Å². The summed E-state index contributed by atoms with van der Waals surface area (Å²) >= 11 is 0. The summed E-state index contributed by atoms with van der Waals surface area (Å²) < 4.78 is 0. The molecule has 2 unspecified atom stereocenters. The number of allylic oxidation sites excluding steroid dienone is 1. The van der Waals surface area contributed by atoms with E-state index in [1.807, 2.05) is 18.5 Å². The first-order valence-electron chi connectivity index (χ1n) is 5.27. The van der Waals surface area contributed by atoms with E-state index in [1.165, 1.54) is 30.5 Å².